The Morgan fingerprint density at radius 2 is 2.06 bits per heavy atom. The minimum Gasteiger partial charge on any atom is -0.481 e. The van der Waals surface area contributed by atoms with E-state index in [2.05, 4.69) is 10.3 Å². The Morgan fingerprint density at radius 3 is 2.67 bits per heavy atom. The number of aromatic nitrogens is 1. The smallest absolute Gasteiger partial charge is 0.308 e. The van der Waals surface area contributed by atoms with Gasteiger partial charge in [0, 0.05) is 10.9 Å². The van der Waals surface area contributed by atoms with Crippen LogP contribution in [-0.4, -0.2) is 22.1 Å². The first-order valence-corrected chi connectivity index (χ1v) is 7.33. The van der Waals surface area contributed by atoms with E-state index in [1.165, 1.54) is 4.88 Å². The second kappa shape index (κ2) is 5.69. The lowest BCUT2D eigenvalue weighted by Crippen LogP contribution is -2.33. The number of aliphatic carboxylic acids is 1. The molecule has 1 saturated carbocycles. The lowest BCUT2D eigenvalue weighted by atomic mass is 9.95. The van der Waals surface area contributed by atoms with Crippen molar-refractivity contribution in [2.24, 2.45) is 5.92 Å². The molecular weight excluding hydrogens is 248 g/mol. The van der Waals surface area contributed by atoms with Gasteiger partial charge in [0.2, 0.25) is 0 Å². The Morgan fingerprint density at radius 1 is 1.33 bits per heavy atom. The van der Waals surface area contributed by atoms with Crippen molar-refractivity contribution in [3.05, 3.63) is 10.6 Å². The third kappa shape index (κ3) is 3.02. The largest absolute Gasteiger partial charge is 0.481 e. The van der Waals surface area contributed by atoms with E-state index in [0.29, 0.717) is 0 Å². The van der Waals surface area contributed by atoms with E-state index in [1.807, 2.05) is 13.8 Å². The Labute approximate surface area is 111 Å². The summed E-state index contributed by atoms with van der Waals surface area (Å²) in [5.41, 5.74) is 1.03. The van der Waals surface area contributed by atoms with E-state index in [9.17, 15) is 9.90 Å². The van der Waals surface area contributed by atoms with Crippen LogP contribution in [-0.2, 0) is 4.79 Å². The molecule has 0 bridgehead atoms. The molecule has 0 aromatic carbocycles. The number of anilines is 1. The van der Waals surface area contributed by atoms with Gasteiger partial charge in [-0.05, 0) is 26.7 Å². The van der Waals surface area contributed by atoms with Crippen LogP contribution in [0.25, 0.3) is 0 Å². The van der Waals surface area contributed by atoms with Gasteiger partial charge in [0.25, 0.3) is 0 Å². The van der Waals surface area contributed by atoms with Crippen molar-refractivity contribution >= 4 is 22.4 Å². The van der Waals surface area contributed by atoms with Crippen LogP contribution in [0.15, 0.2) is 0 Å². The fourth-order valence-corrected chi connectivity index (χ4v) is 3.35. The topological polar surface area (TPSA) is 62.2 Å². The van der Waals surface area contributed by atoms with E-state index in [0.717, 1.165) is 42.9 Å². The predicted octanol–water partition coefficient (Wildman–Crippen LogP) is 3.21. The summed E-state index contributed by atoms with van der Waals surface area (Å²) in [4.78, 5) is 17.0. The predicted molar refractivity (Wildman–Crippen MR) is 73.2 cm³/mol. The summed E-state index contributed by atoms with van der Waals surface area (Å²) in [5.74, 6) is -0.962. The molecule has 2 unspecified atom stereocenters. The van der Waals surface area contributed by atoms with E-state index in [-0.39, 0.29) is 12.0 Å². The zero-order valence-corrected chi connectivity index (χ0v) is 11.7. The summed E-state index contributed by atoms with van der Waals surface area (Å²) in [6.45, 7) is 4.03. The zero-order chi connectivity index (χ0) is 13.1. The molecule has 0 saturated heterocycles. The highest BCUT2D eigenvalue weighted by Gasteiger charge is 2.30. The minimum atomic E-state index is -0.681. The Balaban J connectivity index is 2.10. The van der Waals surface area contributed by atoms with Gasteiger partial charge in [0.15, 0.2) is 5.13 Å². The molecule has 1 aromatic heterocycles. The SMILES string of the molecule is Cc1nc(NC2CCCCCC2C(=O)O)sc1C. The van der Waals surface area contributed by atoms with Crippen LogP contribution < -0.4 is 5.32 Å². The lowest BCUT2D eigenvalue weighted by Gasteiger charge is -2.22. The van der Waals surface area contributed by atoms with Gasteiger partial charge in [-0.25, -0.2) is 4.98 Å². The van der Waals surface area contributed by atoms with Crippen LogP contribution in [0.5, 0.6) is 0 Å². The monoisotopic (exact) mass is 268 g/mol. The normalized spacial score (nSPS) is 24.6. The third-order valence-corrected chi connectivity index (χ3v) is 4.67. The molecule has 2 atom stereocenters. The minimum absolute atomic E-state index is 0.0231. The number of carboxylic acid groups (broad SMARTS) is 1. The zero-order valence-electron chi connectivity index (χ0n) is 10.9. The Bertz CT molecular complexity index is 411. The lowest BCUT2D eigenvalue weighted by molar-refractivity contribution is -0.142. The third-order valence-electron chi connectivity index (χ3n) is 3.67. The highest BCUT2D eigenvalue weighted by molar-refractivity contribution is 7.15. The quantitative estimate of drug-likeness (QED) is 0.826. The number of thiazole rings is 1. The molecule has 0 spiro atoms. The van der Waals surface area contributed by atoms with Crippen molar-refractivity contribution in [1.29, 1.82) is 0 Å². The molecule has 1 fully saturated rings. The van der Waals surface area contributed by atoms with Gasteiger partial charge in [-0.1, -0.05) is 19.3 Å². The molecule has 18 heavy (non-hydrogen) atoms. The van der Waals surface area contributed by atoms with Gasteiger partial charge in [-0.3, -0.25) is 4.79 Å². The van der Waals surface area contributed by atoms with Crippen LogP contribution in [0.4, 0.5) is 5.13 Å². The first-order valence-electron chi connectivity index (χ1n) is 6.51. The van der Waals surface area contributed by atoms with E-state index < -0.39 is 5.97 Å². The Kier molecular flexibility index (Phi) is 4.22. The molecule has 0 amide bonds. The number of hydrogen-bond donors (Lipinski definition) is 2. The molecule has 1 heterocycles. The molecule has 1 aliphatic carbocycles. The van der Waals surface area contributed by atoms with E-state index in [4.69, 9.17) is 0 Å². The van der Waals surface area contributed by atoms with Gasteiger partial charge in [0.1, 0.15) is 0 Å². The fourth-order valence-electron chi connectivity index (χ4n) is 2.47. The van der Waals surface area contributed by atoms with Crippen LogP contribution in [0.2, 0.25) is 0 Å². The average Bonchev–Trinajstić information content (AvgIpc) is 2.53. The maximum absolute atomic E-state index is 11.3. The fraction of sp³-hybridized carbons (Fsp3) is 0.692. The summed E-state index contributed by atoms with van der Waals surface area (Å²) in [7, 11) is 0. The van der Waals surface area contributed by atoms with Crippen molar-refractivity contribution in [3.63, 3.8) is 0 Å². The molecular formula is C13H20N2O2S. The van der Waals surface area contributed by atoms with Crippen LogP contribution in [0.1, 0.15) is 42.7 Å². The number of rotatable bonds is 3. The molecule has 5 heteroatoms. The van der Waals surface area contributed by atoms with Crippen molar-refractivity contribution in [1.82, 2.24) is 4.98 Å². The summed E-state index contributed by atoms with van der Waals surface area (Å²) in [5, 5.41) is 13.5. The molecule has 1 aliphatic rings. The maximum Gasteiger partial charge on any atom is 0.308 e. The highest BCUT2D eigenvalue weighted by atomic mass is 32.1. The summed E-state index contributed by atoms with van der Waals surface area (Å²) in [6, 6.07) is 0.0231. The van der Waals surface area contributed by atoms with Crippen LogP contribution in [0, 0.1) is 19.8 Å². The first kappa shape index (κ1) is 13.3. The van der Waals surface area contributed by atoms with Gasteiger partial charge >= 0.3 is 5.97 Å². The first-order chi connectivity index (χ1) is 8.58. The van der Waals surface area contributed by atoms with Crippen molar-refractivity contribution in [2.45, 2.75) is 52.0 Å². The molecule has 4 nitrogen and oxygen atoms in total. The number of nitrogens with zero attached hydrogens (tertiary/aromatic N) is 1. The second-order valence-corrected chi connectivity index (χ2v) is 6.20. The summed E-state index contributed by atoms with van der Waals surface area (Å²) in [6.07, 6.45) is 4.96. The molecule has 0 aliphatic heterocycles. The van der Waals surface area contributed by atoms with Gasteiger partial charge in [-0.2, -0.15) is 0 Å². The molecule has 0 radical (unpaired) electrons. The highest BCUT2D eigenvalue weighted by Crippen LogP contribution is 2.29. The van der Waals surface area contributed by atoms with Crippen molar-refractivity contribution < 1.29 is 9.90 Å². The number of hydrogen-bond acceptors (Lipinski definition) is 4. The van der Waals surface area contributed by atoms with Crippen molar-refractivity contribution in [2.75, 3.05) is 5.32 Å². The number of carbonyl (C=O) groups is 1. The number of aryl methyl sites for hydroxylation is 2. The van der Waals surface area contributed by atoms with Crippen LogP contribution in [0.3, 0.4) is 0 Å². The van der Waals surface area contributed by atoms with Crippen molar-refractivity contribution in [3.8, 4) is 0 Å². The van der Waals surface area contributed by atoms with E-state index >= 15 is 0 Å². The molecule has 100 valence electrons. The van der Waals surface area contributed by atoms with Gasteiger partial charge in [-0.15, -0.1) is 11.3 Å². The average molecular weight is 268 g/mol. The maximum atomic E-state index is 11.3. The molecule has 1 aromatic rings. The standard InChI is InChI=1S/C13H20N2O2S/c1-8-9(2)18-13(14-8)15-11-7-5-3-4-6-10(11)12(16)17/h10-11H,3-7H2,1-2H3,(H,14,15)(H,16,17). The van der Waals surface area contributed by atoms with Crippen LogP contribution >= 0.6 is 11.3 Å². The number of carboxylic acids is 1. The molecule has 2 N–H and O–H groups in total. The van der Waals surface area contributed by atoms with Gasteiger partial charge in [0.05, 0.1) is 11.6 Å². The molecule has 2 rings (SSSR count). The number of nitrogens with one attached hydrogen (secondary N) is 1. The summed E-state index contributed by atoms with van der Waals surface area (Å²) >= 11 is 1.61. The Hall–Kier alpha value is -1.10. The van der Waals surface area contributed by atoms with E-state index in [1.54, 1.807) is 11.3 Å². The summed E-state index contributed by atoms with van der Waals surface area (Å²) < 4.78 is 0. The second-order valence-electron chi connectivity index (χ2n) is 4.99. The van der Waals surface area contributed by atoms with Gasteiger partial charge < -0.3 is 10.4 Å².